The lowest BCUT2D eigenvalue weighted by Gasteiger charge is -2.50. The third-order valence-electron chi connectivity index (χ3n) is 4.83. The molecule has 1 aromatic rings. The maximum atomic E-state index is 12.5. The summed E-state index contributed by atoms with van der Waals surface area (Å²) in [5.41, 5.74) is -1.38. The number of benzene rings is 1. The third kappa shape index (κ3) is 2.93. The first-order chi connectivity index (χ1) is 9.91. The van der Waals surface area contributed by atoms with Gasteiger partial charge in [0.15, 0.2) is 0 Å². The molecule has 4 nitrogen and oxygen atoms in total. The van der Waals surface area contributed by atoms with Gasteiger partial charge in [-0.15, -0.1) is 0 Å². The van der Waals surface area contributed by atoms with E-state index in [1.807, 2.05) is 37.3 Å². The van der Waals surface area contributed by atoms with Crippen molar-refractivity contribution >= 4 is 10.8 Å². The standard InChI is InChI=1S/C16H22O4S/c1-15(17)9-8-12-10-14(15)19-20-16(12,2)11-21(18)13-6-4-3-5-7-13/h3-7,12,14,17H,8-11H2,1-2H3/t12-,14-,15-,16+,21+/m1/s1. The van der Waals surface area contributed by atoms with E-state index in [4.69, 9.17) is 9.78 Å². The van der Waals surface area contributed by atoms with Crippen LogP contribution in [0.4, 0.5) is 0 Å². The summed E-state index contributed by atoms with van der Waals surface area (Å²) in [5, 5.41) is 10.3. The summed E-state index contributed by atoms with van der Waals surface area (Å²) in [5.74, 6) is 0.681. The second-order valence-electron chi connectivity index (χ2n) is 6.61. The van der Waals surface area contributed by atoms with Gasteiger partial charge in [0.1, 0.15) is 11.7 Å². The molecule has 5 heteroatoms. The van der Waals surface area contributed by atoms with Crippen molar-refractivity contribution in [2.45, 2.75) is 55.3 Å². The Morgan fingerprint density at radius 3 is 2.76 bits per heavy atom. The maximum Gasteiger partial charge on any atom is 0.122 e. The summed E-state index contributed by atoms with van der Waals surface area (Å²) < 4.78 is 12.5. The lowest BCUT2D eigenvalue weighted by atomic mass is 9.71. The van der Waals surface area contributed by atoms with Gasteiger partial charge in [0.05, 0.1) is 22.2 Å². The fourth-order valence-electron chi connectivity index (χ4n) is 3.25. The molecular formula is C16H22O4S. The monoisotopic (exact) mass is 310 g/mol. The van der Waals surface area contributed by atoms with Crippen LogP contribution in [0, 0.1) is 5.92 Å². The molecular weight excluding hydrogens is 288 g/mol. The topological polar surface area (TPSA) is 55.8 Å². The minimum absolute atomic E-state index is 0.268. The van der Waals surface area contributed by atoms with Crippen LogP contribution in [0.3, 0.4) is 0 Å². The Bertz CT molecular complexity index is 530. The minimum Gasteiger partial charge on any atom is -0.387 e. The molecule has 0 spiro atoms. The van der Waals surface area contributed by atoms with Gasteiger partial charge in [0.2, 0.25) is 0 Å². The Kier molecular flexibility index (Phi) is 3.94. The second-order valence-corrected chi connectivity index (χ2v) is 8.06. The predicted octanol–water partition coefficient (Wildman–Crippen LogP) is 2.43. The summed E-state index contributed by atoms with van der Waals surface area (Å²) in [6, 6.07) is 9.44. The van der Waals surface area contributed by atoms with Gasteiger partial charge in [-0.2, -0.15) is 0 Å². The van der Waals surface area contributed by atoms with Gasteiger partial charge in [-0.25, -0.2) is 9.78 Å². The molecule has 116 valence electrons. The Morgan fingerprint density at radius 2 is 2.05 bits per heavy atom. The van der Waals surface area contributed by atoms with Crippen LogP contribution in [0.15, 0.2) is 35.2 Å². The summed E-state index contributed by atoms with van der Waals surface area (Å²) in [6.07, 6.45) is 2.04. The Morgan fingerprint density at radius 1 is 1.33 bits per heavy atom. The predicted molar refractivity (Wildman–Crippen MR) is 80.0 cm³/mol. The Labute approximate surface area is 127 Å². The van der Waals surface area contributed by atoms with E-state index < -0.39 is 22.0 Å². The number of fused-ring (bicyclic) bond motifs is 2. The summed E-state index contributed by atoms with van der Waals surface area (Å²) in [4.78, 5) is 11.9. The van der Waals surface area contributed by atoms with Crippen molar-refractivity contribution in [3.8, 4) is 0 Å². The summed E-state index contributed by atoms with van der Waals surface area (Å²) in [6.45, 7) is 3.76. The number of hydrogen-bond donors (Lipinski definition) is 1. The lowest BCUT2D eigenvalue weighted by Crippen LogP contribution is -2.58. The minimum atomic E-state index is -1.12. The van der Waals surface area contributed by atoms with E-state index in [1.54, 1.807) is 6.92 Å². The van der Waals surface area contributed by atoms with Crippen LogP contribution in [0.5, 0.6) is 0 Å². The van der Waals surface area contributed by atoms with E-state index in [2.05, 4.69) is 0 Å². The molecule has 1 aliphatic heterocycles. The molecule has 5 atom stereocenters. The molecule has 0 unspecified atom stereocenters. The summed E-state index contributed by atoms with van der Waals surface area (Å²) in [7, 11) is -1.12. The first-order valence-electron chi connectivity index (χ1n) is 7.41. The molecule has 1 saturated carbocycles. The van der Waals surface area contributed by atoms with Gasteiger partial charge in [-0.3, -0.25) is 4.21 Å². The quantitative estimate of drug-likeness (QED) is 0.871. The average Bonchev–Trinajstić information content (AvgIpc) is 2.46. The van der Waals surface area contributed by atoms with Gasteiger partial charge in [0.25, 0.3) is 0 Å². The zero-order valence-corrected chi connectivity index (χ0v) is 13.3. The zero-order chi connectivity index (χ0) is 15.1. The zero-order valence-electron chi connectivity index (χ0n) is 12.5. The number of rotatable bonds is 3. The highest BCUT2D eigenvalue weighted by atomic mass is 32.2. The van der Waals surface area contributed by atoms with Gasteiger partial charge < -0.3 is 5.11 Å². The van der Waals surface area contributed by atoms with E-state index in [9.17, 15) is 9.32 Å². The molecule has 0 amide bonds. The van der Waals surface area contributed by atoms with E-state index >= 15 is 0 Å². The molecule has 21 heavy (non-hydrogen) atoms. The molecule has 0 radical (unpaired) electrons. The maximum absolute atomic E-state index is 12.5. The Hall–Kier alpha value is -0.750. The van der Waals surface area contributed by atoms with Crippen LogP contribution in [0.25, 0.3) is 0 Å². The van der Waals surface area contributed by atoms with Crippen molar-refractivity contribution in [2.24, 2.45) is 5.92 Å². The van der Waals surface area contributed by atoms with Crippen LogP contribution in [0.2, 0.25) is 0 Å². The molecule has 1 saturated heterocycles. The van der Waals surface area contributed by atoms with Gasteiger partial charge in [-0.05, 0) is 51.2 Å². The van der Waals surface area contributed by atoms with Crippen LogP contribution in [-0.4, -0.2) is 32.4 Å². The van der Waals surface area contributed by atoms with Crippen LogP contribution in [-0.2, 0) is 20.6 Å². The van der Waals surface area contributed by atoms with Crippen LogP contribution in [0.1, 0.15) is 33.1 Å². The van der Waals surface area contributed by atoms with Crippen molar-refractivity contribution in [1.82, 2.24) is 0 Å². The van der Waals surface area contributed by atoms with Crippen LogP contribution >= 0.6 is 0 Å². The van der Waals surface area contributed by atoms with E-state index in [-0.39, 0.29) is 12.0 Å². The highest BCUT2D eigenvalue weighted by Crippen LogP contribution is 2.45. The van der Waals surface area contributed by atoms with E-state index in [0.717, 1.165) is 17.7 Å². The number of aliphatic hydroxyl groups is 1. The van der Waals surface area contributed by atoms with E-state index in [0.29, 0.717) is 12.2 Å². The van der Waals surface area contributed by atoms with Crippen molar-refractivity contribution in [2.75, 3.05) is 5.75 Å². The van der Waals surface area contributed by atoms with Gasteiger partial charge in [-0.1, -0.05) is 18.2 Å². The highest BCUT2D eigenvalue weighted by Gasteiger charge is 2.52. The highest BCUT2D eigenvalue weighted by molar-refractivity contribution is 7.85. The average molecular weight is 310 g/mol. The third-order valence-corrected chi connectivity index (χ3v) is 6.47. The van der Waals surface area contributed by atoms with Crippen molar-refractivity contribution in [3.05, 3.63) is 30.3 Å². The van der Waals surface area contributed by atoms with Gasteiger partial charge in [0, 0.05) is 4.90 Å². The molecule has 2 bridgehead atoms. The van der Waals surface area contributed by atoms with Crippen LogP contribution < -0.4 is 0 Å². The van der Waals surface area contributed by atoms with Crippen molar-refractivity contribution < 1.29 is 19.1 Å². The summed E-state index contributed by atoms with van der Waals surface area (Å²) >= 11 is 0. The fourth-order valence-corrected chi connectivity index (χ4v) is 4.68. The first-order valence-corrected chi connectivity index (χ1v) is 8.73. The van der Waals surface area contributed by atoms with Crippen molar-refractivity contribution in [1.29, 1.82) is 0 Å². The SMILES string of the molecule is C[C@@]1(O)CC[C@@H]2C[C@H]1OO[C@@]2(C)C[S@](=O)c1ccccc1. The molecule has 2 aliphatic rings. The number of hydrogen-bond acceptors (Lipinski definition) is 4. The first kappa shape index (κ1) is 15.2. The normalized spacial score (nSPS) is 40.7. The lowest BCUT2D eigenvalue weighted by molar-refractivity contribution is -0.441. The fraction of sp³-hybridized carbons (Fsp3) is 0.625. The largest absolute Gasteiger partial charge is 0.387 e. The Balaban J connectivity index is 1.73. The molecule has 2 fully saturated rings. The molecule has 3 rings (SSSR count). The molecule has 1 aromatic carbocycles. The molecule has 1 N–H and O–H groups in total. The molecule has 1 heterocycles. The molecule has 1 aliphatic carbocycles. The molecule has 0 aromatic heterocycles. The smallest absolute Gasteiger partial charge is 0.122 e. The second kappa shape index (κ2) is 5.47. The van der Waals surface area contributed by atoms with Gasteiger partial charge >= 0.3 is 0 Å². The van der Waals surface area contributed by atoms with Crippen molar-refractivity contribution in [3.63, 3.8) is 0 Å². The van der Waals surface area contributed by atoms with E-state index in [1.165, 1.54) is 0 Å².